The zero-order chi connectivity index (χ0) is 18.0. The van der Waals surface area contributed by atoms with Crippen molar-refractivity contribution >= 4 is 17.6 Å². The molecule has 1 aliphatic heterocycles. The van der Waals surface area contributed by atoms with Crippen LogP contribution in [0.25, 0.3) is 0 Å². The van der Waals surface area contributed by atoms with Gasteiger partial charge in [-0.05, 0) is 36.2 Å². The number of esters is 1. The maximum atomic E-state index is 13.5. The van der Waals surface area contributed by atoms with Gasteiger partial charge in [0, 0.05) is 13.0 Å². The van der Waals surface area contributed by atoms with Gasteiger partial charge in [-0.3, -0.25) is 9.59 Å². The van der Waals surface area contributed by atoms with Gasteiger partial charge in [0.1, 0.15) is 17.3 Å². The van der Waals surface area contributed by atoms with E-state index in [4.69, 9.17) is 9.47 Å². The maximum Gasteiger partial charge on any atom is 0.308 e. The first-order valence-electron chi connectivity index (χ1n) is 8.03. The van der Waals surface area contributed by atoms with E-state index in [1.54, 1.807) is 30.3 Å². The quantitative estimate of drug-likeness (QED) is 0.630. The lowest BCUT2D eigenvalue weighted by Gasteiger charge is -2.34. The third-order valence-electron chi connectivity index (χ3n) is 3.89. The SMILES string of the molecule is CC[C@H]1Oc2ccc(OC(C)=O)cc2N(Cc2cccc(F)c2)C1=O. The first kappa shape index (κ1) is 17.0. The van der Waals surface area contributed by atoms with E-state index in [9.17, 15) is 14.0 Å². The fraction of sp³-hybridized carbons (Fsp3) is 0.263. The second kappa shape index (κ2) is 6.93. The molecule has 0 aliphatic carbocycles. The highest BCUT2D eigenvalue weighted by molar-refractivity contribution is 6.00. The van der Waals surface area contributed by atoms with E-state index in [-0.39, 0.29) is 18.3 Å². The van der Waals surface area contributed by atoms with Crippen molar-refractivity contribution in [2.45, 2.75) is 32.9 Å². The smallest absolute Gasteiger partial charge is 0.308 e. The van der Waals surface area contributed by atoms with Gasteiger partial charge in [0.05, 0.1) is 12.2 Å². The summed E-state index contributed by atoms with van der Waals surface area (Å²) in [6, 6.07) is 11.0. The van der Waals surface area contributed by atoms with E-state index in [1.165, 1.54) is 24.0 Å². The van der Waals surface area contributed by atoms with Crippen LogP contribution in [0.1, 0.15) is 25.8 Å². The van der Waals surface area contributed by atoms with Gasteiger partial charge in [0.25, 0.3) is 5.91 Å². The number of rotatable bonds is 4. The van der Waals surface area contributed by atoms with Crippen molar-refractivity contribution in [1.82, 2.24) is 0 Å². The van der Waals surface area contributed by atoms with Crippen LogP contribution in [0.3, 0.4) is 0 Å². The lowest BCUT2D eigenvalue weighted by Crippen LogP contribution is -2.45. The number of ether oxygens (including phenoxy) is 2. The zero-order valence-corrected chi connectivity index (χ0v) is 14.0. The van der Waals surface area contributed by atoms with Crippen molar-refractivity contribution in [2.24, 2.45) is 0 Å². The van der Waals surface area contributed by atoms with Crippen LogP contribution in [0.2, 0.25) is 0 Å². The molecular formula is C19H18FNO4. The van der Waals surface area contributed by atoms with Crippen LogP contribution in [0.5, 0.6) is 11.5 Å². The summed E-state index contributed by atoms with van der Waals surface area (Å²) in [5.74, 6) is -0.176. The molecule has 1 aliphatic rings. The van der Waals surface area contributed by atoms with Crippen molar-refractivity contribution in [3.8, 4) is 11.5 Å². The van der Waals surface area contributed by atoms with Crippen molar-refractivity contribution in [3.05, 3.63) is 53.8 Å². The number of carbonyl (C=O) groups excluding carboxylic acids is 2. The average molecular weight is 343 g/mol. The summed E-state index contributed by atoms with van der Waals surface area (Å²) >= 11 is 0. The van der Waals surface area contributed by atoms with Crippen molar-refractivity contribution in [1.29, 1.82) is 0 Å². The number of anilines is 1. The summed E-state index contributed by atoms with van der Waals surface area (Å²) in [6.07, 6.45) is -0.0792. The molecule has 0 bridgehead atoms. The Hall–Kier alpha value is -2.89. The van der Waals surface area contributed by atoms with Crippen molar-refractivity contribution < 1.29 is 23.5 Å². The second-order valence-electron chi connectivity index (χ2n) is 5.79. The van der Waals surface area contributed by atoms with Gasteiger partial charge < -0.3 is 14.4 Å². The molecule has 0 unspecified atom stereocenters. The van der Waals surface area contributed by atoms with E-state index in [0.717, 1.165) is 0 Å². The predicted octanol–water partition coefficient (Wildman–Crippen LogP) is 3.46. The summed E-state index contributed by atoms with van der Waals surface area (Å²) < 4.78 is 24.3. The third kappa shape index (κ3) is 3.63. The Bertz CT molecular complexity index is 821. The van der Waals surface area contributed by atoms with Crippen molar-refractivity contribution in [2.75, 3.05) is 4.90 Å². The highest BCUT2D eigenvalue weighted by Gasteiger charge is 2.33. The topological polar surface area (TPSA) is 55.8 Å². The van der Waals surface area contributed by atoms with Crippen LogP contribution < -0.4 is 14.4 Å². The Labute approximate surface area is 145 Å². The molecule has 0 spiro atoms. The highest BCUT2D eigenvalue weighted by atomic mass is 19.1. The predicted molar refractivity (Wildman–Crippen MR) is 90.0 cm³/mol. The van der Waals surface area contributed by atoms with Crippen LogP contribution in [-0.4, -0.2) is 18.0 Å². The molecule has 6 heteroatoms. The molecule has 130 valence electrons. The minimum absolute atomic E-state index is 0.201. The molecule has 0 N–H and O–H groups in total. The Balaban J connectivity index is 2.00. The number of hydrogen-bond donors (Lipinski definition) is 0. The van der Waals surface area contributed by atoms with Crippen LogP contribution in [0.15, 0.2) is 42.5 Å². The first-order chi connectivity index (χ1) is 12.0. The molecule has 0 saturated carbocycles. The molecule has 0 aromatic heterocycles. The Morgan fingerprint density at radius 1 is 1.28 bits per heavy atom. The Morgan fingerprint density at radius 2 is 2.08 bits per heavy atom. The molecular weight excluding hydrogens is 325 g/mol. The van der Waals surface area contributed by atoms with Crippen LogP contribution in [0.4, 0.5) is 10.1 Å². The van der Waals surface area contributed by atoms with Gasteiger partial charge in [-0.25, -0.2) is 4.39 Å². The third-order valence-corrected chi connectivity index (χ3v) is 3.89. The number of benzene rings is 2. The molecule has 1 heterocycles. The standard InChI is InChI=1S/C19H18FNO4/c1-3-17-19(23)21(11-13-5-4-6-14(20)9-13)16-10-15(24-12(2)22)7-8-18(16)25-17/h4-10,17H,3,11H2,1-2H3/t17-/m1/s1. The number of carbonyl (C=O) groups is 2. The minimum Gasteiger partial charge on any atom is -0.478 e. The van der Waals surface area contributed by atoms with Crippen molar-refractivity contribution in [3.63, 3.8) is 0 Å². The lowest BCUT2D eigenvalue weighted by atomic mass is 10.1. The molecule has 25 heavy (non-hydrogen) atoms. The monoisotopic (exact) mass is 343 g/mol. The van der Waals surface area contributed by atoms with E-state index in [2.05, 4.69) is 0 Å². The van der Waals surface area contributed by atoms with Gasteiger partial charge in [-0.2, -0.15) is 0 Å². The summed E-state index contributed by atoms with van der Waals surface area (Å²) in [4.78, 5) is 25.5. The van der Waals surface area contributed by atoms with E-state index in [1.807, 2.05) is 6.92 Å². The number of nitrogens with zero attached hydrogens (tertiary/aromatic N) is 1. The fourth-order valence-corrected chi connectivity index (χ4v) is 2.77. The molecule has 0 saturated heterocycles. The molecule has 2 aromatic rings. The summed E-state index contributed by atoms with van der Waals surface area (Å²) in [6.45, 7) is 3.37. The van der Waals surface area contributed by atoms with E-state index >= 15 is 0 Å². The summed E-state index contributed by atoms with van der Waals surface area (Å²) in [5, 5.41) is 0. The molecule has 0 radical (unpaired) electrons. The fourth-order valence-electron chi connectivity index (χ4n) is 2.77. The summed E-state index contributed by atoms with van der Waals surface area (Å²) in [7, 11) is 0. The lowest BCUT2D eigenvalue weighted by molar-refractivity contribution is -0.131. The Morgan fingerprint density at radius 3 is 2.76 bits per heavy atom. The van der Waals surface area contributed by atoms with Crippen LogP contribution in [0, 0.1) is 5.82 Å². The Kier molecular flexibility index (Phi) is 4.70. The molecule has 2 aromatic carbocycles. The van der Waals surface area contributed by atoms with Gasteiger partial charge in [-0.1, -0.05) is 19.1 Å². The number of fused-ring (bicyclic) bond motifs is 1. The van der Waals surface area contributed by atoms with Gasteiger partial charge in [-0.15, -0.1) is 0 Å². The highest BCUT2D eigenvalue weighted by Crippen LogP contribution is 2.38. The first-order valence-corrected chi connectivity index (χ1v) is 8.03. The molecule has 1 amide bonds. The molecule has 1 atom stereocenters. The normalized spacial score (nSPS) is 16.2. The molecule has 0 fully saturated rings. The maximum absolute atomic E-state index is 13.5. The number of halogens is 1. The van der Waals surface area contributed by atoms with Gasteiger partial charge >= 0.3 is 5.97 Å². The van der Waals surface area contributed by atoms with Gasteiger partial charge in [0.2, 0.25) is 0 Å². The minimum atomic E-state index is -0.597. The second-order valence-corrected chi connectivity index (χ2v) is 5.79. The van der Waals surface area contributed by atoms with Crippen LogP contribution >= 0.6 is 0 Å². The molecule has 5 nitrogen and oxygen atoms in total. The largest absolute Gasteiger partial charge is 0.478 e. The number of amides is 1. The van der Waals surface area contributed by atoms with E-state index < -0.39 is 12.1 Å². The number of hydrogen-bond acceptors (Lipinski definition) is 4. The van der Waals surface area contributed by atoms with E-state index in [0.29, 0.717) is 29.2 Å². The van der Waals surface area contributed by atoms with Crippen LogP contribution in [-0.2, 0) is 16.1 Å². The van der Waals surface area contributed by atoms with Gasteiger partial charge in [0.15, 0.2) is 6.10 Å². The zero-order valence-electron chi connectivity index (χ0n) is 14.0. The molecule has 3 rings (SSSR count). The summed E-state index contributed by atoms with van der Waals surface area (Å²) in [5.41, 5.74) is 1.16. The average Bonchev–Trinajstić information content (AvgIpc) is 2.57.